The van der Waals surface area contributed by atoms with Crippen molar-refractivity contribution in [2.24, 2.45) is 5.92 Å². The van der Waals surface area contributed by atoms with E-state index >= 15 is 0 Å². The number of amides is 4. The molecule has 4 amide bonds. The summed E-state index contributed by atoms with van der Waals surface area (Å²) in [6.45, 7) is 5.43. The summed E-state index contributed by atoms with van der Waals surface area (Å²) in [5, 5.41) is 22.3. The summed E-state index contributed by atoms with van der Waals surface area (Å²) in [4.78, 5) is 57.2. The number of aliphatic hydroxyl groups is 1. The third-order valence-electron chi connectivity index (χ3n) is 11.2. The van der Waals surface area contributed by atoms with Gasteiger partial charge in [-0.05, 0) is 64.2 Å². The Bertz CT molecular complexity index is 1330. The molecule has 5 atom stereocenters. The number of nitrogens with zero attached hydrogens (tertiary/aromatic N) is 2. The number of nitrogens with one attached hydrogen (secondary N) is 4. The fraction of sp³-hybridized carbons (Fsp3) is 0.833. The molecule has 3 heterocycles. The van der Waals surface area contributed by atoms with Crippen LogP contribution < -0.4 is 21.3 Å². The van der Waals surface area contributed by atoms with Crippen LogP contribution in [0, 0.1) is 5.92 Å². The zero-order valence-corrected chi connectivity index (χ0v) is 30.9. The molecule has 3 aliphatic heterocycles. The SMILES string of the molecule is C=C[C@H]1CCCN2C(=O)[C@@H](NC(=O)NC3(CS(=O)(=O)N4CCCC4)CCCCC3)COCCCCCCC[C@@H](C(=O)C(O)NC3CC3)NC(=O)[C@H]12. The molecule has 15 heteroatoms. The van der Waals surface area contributed by atoms with Gasteiger partial charge in [0.25, 0.3) is 0 Å². The number of fused-ring (bicyclic) bond motifs is 1. The summed E-state index contributed by atoms with van der Waals surface area (Å²) in [7, 11) is -3.60. The highest BCUT2D eigenvalue weighted by Gasteiger charge is 2.44. The van der Waals surface area contributed by atoms with Crippen molar-refractivity contribution < 1.29 is 37.4 Å². The highest BCUT2D eigenvalue weighted by molar-refractivity contribution is 7.89. The van der Waals surface area contributed by atoms with E-state index in [-0.39, 0.29) is 24.9 Å². The summed E-state index contributed by atoms with van der Waals surface area (Å²) in [5.41, 5.74) is -0.964. The van der Waals surface area contributed by atoms with Crippen LogP contribution in [0.15, 0.2) is 12.7 Å². The number of piperidine rings is 1. The van der Waals surface area contributed by atoms with Crippen LogP contribution in [0.5, 0.6) is 0 Å². The molecule has 5 N–H and O–H groups in total. The van der Waals surface area contributed by atoms with Crippen LogP contribution in [0.25, 0.3) is 0 Å². The molecule has 2 saturated carbocycles. The number of Topliss-reactive ketones (excluding diaryl/α,β-unsaturated/α-hetero) is 1. The second kappa shape index (κ2) is 18.4. The zero-order chi connectivity index (χ0) is 36.4. The van der Waals surface area contributed by atoms with E-state index in [1.165, 1.54) is 9.21 Å². The maximum absolute atomic E-state index is 14.4. The Morgan fingerprint density at radius 1 is 0.941 bits per heavy atom. The molecule has 2 aliphatic carbocycles. The predicted molar refractivity (Wildman–Crippen MR) is 192 cm³/mol. The number of ether oxygens (including phenoxy) is 1. The quantitative estimate of drug-likeness (QED) is 0.165. The van der Waals surface area contributed by atoms with Gasteiger partial charge in [0.1, 0.15) is 12.1 Å². The lowest BCUT2D eigenvalue weighted by Gasteiger charge is -2.42. The van der Waals surface area contributed by atoms with Gasteiger partial charge in [-0.1, -0.05) is 51.0 Å². The first-order chi connectivity index (χ1) is 24.5. The maximum atomic E-state index is 14.4. The van der Waals surface area contributed by atoms with Crippen LogP contribution in [-0.2, 0) is 29.1 Å². The molecule has 0 spiro atoms. The molecule has 5 rings (SSSR count). The molecule has 1 unspecified atom stereocenters. The van der Waals surface area contributed by atoms with Crippen molar-refractivity contribution in [3.63, 3.8) is 0 Å². The summed E-state index contributed by atoms with van der Waals surface area (Å²) >= 11 is 0. The van der Waals surface area contributed by atoms with Crippen molar-refractivity contribution in [1.29, 1.82) is 0 Å². The van der Waals surface area contributed by atoms with Crippen LogP contribution in [0.1, 0.15) is 109 Å². The lowest BCUT2D eigenvalue weighted by atomic mass is 9.83. The number of carbonyl (C=O) groups excluding carboxylic acids is 4. The minimum absolute atomic E-state index is 0.0915. The average Bonchev–Trinajstić information content (AvgIpc) is 3.73. The van der Waals surface area contributed by atoms with Gasteiger partial charge in [0.2, 0.25) is 21.8 Å². The lowest BCUT2D eigenvalue weighted by Crippen LogP contribution is -2.64. The van der Waals surface area contributed by atoms with Gasteiger partial charge < -0.3 is 30.7 Å². The van der Waals surface area contributed by atoms with Gasteiger partial charge in [0.15, 0.2) is 12.0 Å². The Morgan fingerprint density at radius 2 is 1.63 bits per heavy atom. The third kappa shape index (κ3) is 11.0. The molecule has 0 aromatic heterocycles. The van der Waals surface area contributed by atoms with Crippen molar-refractivity contribution in [2.45, 2.75) is 145 Å². The van der Waals surface area contributed by atoms with E-state index < -0.39 is 69.5 Å². The topological polar surface area (TPSA) is 186 Å². The Kier molecular flexibility index (Phi) is 14.3. The molecule has 0 bridgehead atoms. The zero-order valence-electron chi connectivity index (χ0n) is 30.1. The van der Waals surface area contributed by atoms with E-state index in [0.29, 0.717) is 58.2 Å². The molecule has 0 radical (unpaired) electrons. The molecular formula is C36H60N6O8S. The number of aliphatic hydroxyl groups excluding tert-OH is 1. The van der Waals surface area contributed by atoms with E-state index in [4.69, 9.17) is 4.74 Å². The molecule has 0 aromatic rings. The second-order valence-electron chi connectivity index (χ2n) is 15.3. The molecule has 51 heavy (non-hydrogen) atoms. The molecular weight excluding hydrogens is 676 g/mol. The average molecular weight is 737 g/mol. The highest BCUT2D eigenvalue weighted by atomic mass is 32.2. The maximum Gasteiger partial charge on any atom is 0.315 e. The lowest BCUT2D eigenvalue weighted by molar-refractivity contribution is -0.147. The third-order valence-corrected chi connectivity index (χ3v) is 13.3. The first-order valence-corrected chi connectivity index (χ1v) is 21.0. The van der Waals surface area contributed by atoms with Crippen LogP contribution >= 0.6 is 0 Å². The van der Waals surface area contributed by atoms with Crippen molar-refractivity contribution in [3.05, 3.63) is 12.7 Å². The van der Waals surface area contributed by atoms with Gasteiger partial charge in [-0.15, -0.1) is 6.58 Å². The monoisotopic (exact) mass is 736 g/mol. The van der Waals surface area contributed by atoms with Crippen LogP contribution in [0.4, 0.5) is 4.79 Å². The van der Waals surface area contributed by atoms with Crippen LogP contribution in [-0.4, -0.2) is 121 Å². The number of hydrogen-bond donors (Lipinski definition) is 5. The van der Waals surface area contributed by atoms with Crippen LogP contribution in [0.3, 0.4) is 0 Å². The molecule has 3 saturated heterocycles. The van der Waals surface area contributed by atoms with E-state index in [1.54, 1.807) is 6.08 Å². The van der Waals surface area contributed by atoms with Crippen molar-refractivity contribution >= 4 is 33.7 Å². The number of ketones is 1. The summed E-state index contributed by atoms with van der Waals surface area (Å²) in [6.07, 6.45) is 12.8. The number of rotatable bonds is 10. The minimum Gasteiger partial charge on any atom is -0.379 e. The Morgan fingerprint density at radius 3 is 2.33 bits per heavy atom. The fourth-order valence-electron chi connectivity index (χ4n) is 8.18. The highest BCUT2D eigenvalue weighted by Crippen LogP contribution is 2.32. The standard InChI is InChI=1S/C36H60N6O8S/c1-2-26-14-13-22-42-30(26)32(44)38-28(31(43)33(45)37-27-16-17-27)15-7-4-3-5-12-23-50-24-29(34(42)46)39-35(47)40-36(18-8-6-9-19-36)25-51(48,49)41-20-10-11-21-41/h2,26-30,33,37,45H,1,3-25H2,(H,38,44)(H2,39,40,47)/t26-,28-,29-,30-,33?/m0/s1. The van der Waals surface area contributed by atoms with E-state index in [1.807, 2.05) is 0 Å². The Balaban J connectivity index is 1.35. The molecule has 288 valence electrons. The van der Waals surface area contributed by atoms with Gasteiger partial charge in [0.05, 0.1) is 23.9 Å². The summed E-state index contributed by atoms with van der Waals surface area (Å²) in [6, 6.07) is -3.61. The van der Waals surface area contributed by atoms with E-state index in [2.05, 4.69) is 27.8 Å². The summed E-state index contributed by atoms with van der Waals surface area (Å²) in [5.74, 6) is -2.08. The van der Waals surface area contributed by atoms with Crippen LogP contribution in [0.2, 0.25) is 0 Å². The summed E-state index contributed by atoms with van der Waals surface area (Å²) < 4.78 is 34.3. The number of carbonyl (C=O) groups is 4. The normalized spacial score (nSPS) is 29.7. The van der Waals surface area contributed by atoms with Gasteiger partial charge in [0, 0.05) is 38.2 Å². The Labute approximate surface area is 303 Å². The second-order valence-corrected chi connectivity index (χ2v) is 17.3. The first kappa shape index (κ1) is 39.6. The Hall–Kier alpha value is -2.59. The molecule has 0 aromatic carbocycles. The van der Waals surface area contributed by atoms with E-state index in [9.17, 15) is 32.7 Å². The van der Waals surface area contributed by atoms with Crippen molar-refractivity contribution in [3.8, 4) is 0 Å². The van der Waals surface area contributed by atoms with Gasteiger partial charge >= 0.3 is 6.03 Å². The van der Waals surface area contributed by atoms with Crippen molar-refractivity contribution in [2.75, 3.05) is 38.6 Å². The first-order valence-electron chi connectivity index (χ1n) is 19.4. The smallest absolute Gasteiger partial charge is 0.315 e. The fourth-order valence-corrected chi connectivity index (χ4v) is 10.2. The minimum atomic E-state index is -3.60. The molecule has 5 aliphatic rings. The number of urea groups is 1. The van der Waals surface area contributed by atoms with E-state index in [0.717, 1.165) is 70.6 Å². The largest absolute Gasteiger partial charge is 0.379 e. The van der Waals surface area contributed by atoms with Crippen molar-refractivity contribution in [1.82, 2.24) is 30.5 Å². The van der Waals surface area contributed by atoms with Gasteiger partial charge in [-0.3, -0.25) is 19.7 Å². The number of hydrogen-bond acceptors (Lipinski definition) is 9. The van der Waals surface area contributed by atoms with Gasteiger partial charge in [-0.25, -0.2) is 17.5 Å². The van der Waals surface area contributed by atoms with Gasteiger partial charge in [-0.2, -0.15) is 0 Å². The molecule has 14 nitrogen and oxygen atoms in total. The predicted octanol–water partition coefficient (Wildman–Crippen LogP) is 2.07. The molecule has 5 fully saturated rings. The number of sulfonamides is 1.